The van der Waals surface area contributed by atoms with Gasteiger partial charge in [0.25, 0.3) is 0 Å². The monoisotopic (exact) mass is 226 g/mol. The molecule has 0 spiro atoms. The van der Waals surface area contributed by atoms with Crippen molar-refractivity contribution in [2.24, 2.45) is 0 Å². The first-order valence-corrected chi connectivity index (χ1v) is 4.28. The smallest absolute Gasteiger partial charge is 0.147 e. The van der Waals surface area contributed by atoms with Crippen LogP contribution in [0.15, 0.2) is 29.0 Å². The first-order chi connectivity index (χ1) is 5.83. The summed E-state index contributed by atoms with van der Waals surface area (Å²) in [6.45, 7) is 0. The number of hydrogen-bond acceptors (Lipinski definition) is 2. The normalized spacial score (nSPS) is 10.5. The van der Waals surface area contributed by atoms with Crippen molar-refractivity contribution in [2.45, 2.75) is 0 Å². The van der Waals surface area contributed by atoms with Crippen LogP contribution in [0.2, 0.25) is 0 Å². The van der Waals surface area contributed by atoms with Gasteiger partial charge in [0.1, 0.15) is 11.3 Å². The summed E-state index contributed by atoms with van der Waals surface area (Å²) in [4.78, 5) is 0. The molecule has 0 aliphatic heterocycles. The molecule has 0 saturated carbocycles. The van der Waals surface area contributed by atoms with Crippen LogP contribution < -0.4 is 4.74 Å². The lowest BCUT2D eigenvalue weighted by Gasteiger charge is -2.01. The molecular formula is C8H7BrN2O. The molecule has 0 aliphatic rings. The highest BCUT2D eigenvalue weighted by molar-refractivity contribution is 9.10. The third-order valence-corrected chi connectivity index (χ3v) is 2.33. The lowest BCUT2D eigenvalue weighted by atomic mass is 10.4. The topological polar surface area (TPSA) is 26.5 Å². The molecule has 2 aromatic heterocycles. The van der Waals surface area contributed by atoms with Gasteiger partial charge in [0.15, 0.2) is 0 Å². The number of rotatable bonds is 1. The van der Waals surface area contributed by atoms with Gasteiger partial charge >= 0.3 is 0 Å². The number of methoxy groups -OCH3 is 1. The molecule has 62 valence electrons. The fourth-order valence-electron chi connectivity index (χ4n) is 1.14. The largest absolute Gasteiger partial charge is 0.494 e. The Kier molecular flexibility index (Phi) is 1.77. The van der Waals surface area contributed by atoms with E-state index < -0.39 is 0 Å². The van der Waals surface area contributed by atoms with Crippen LogP contribution in [-0.2, 0) is 0 Å². The van der Waals surface area contributed by atoms with E-state index >= 15 is 0 Å². The molecule has 0 aliphatic carbocycles. The highest BCUT2D eigenvalue weighted by Crippen LogP contribution is 2.26. The maximum atomic E-state index is 5.18. The first kappa shape index (κ1) is 7.61. The minimum Gasteiger partial charge on any atom is -0.494 e. The molecule has 0 saturated heterocycles. The number of halogens is 1. The zero-order chi connectivity index (χ0) is 8.55. The molecule has 0 aromatic carbocycles. The van der Waals surface area contributed by atoms with Gasteiger partial charge < -0.3 is 4.74 Å². The second-order valence-corrected chi connectivity index (χ2v) is 3.21. The minimum atomic E-state index is 0.821. The van der Waals surface area contributed by atoms with Crippen molar-refractivity contribution in [3.05, 3.63) is 29.0 Å². The Morgan fingerprint density at radius 2 is 2.33 bits per heavy atom. The van der Waals surface area contributed by atoms with Crippen molar-refractivity contribution >= 4 is 21.4 Å². The van der Waals surface area contributed by atoms with Crippen molar-refractivity contribution in [2.75, 3.05) is 7.11 Å². The van der Waals surface area contributed by atoms with Gasteiger partial charge in [-0.1, -0.05) is 0 Å². The van der Waals surface area contributed by atoms with Crippen LogP contribution in [0.4, 0.5) is 0 Å². The number of hydrogen-bond donors (Lipinski definition) is 0. The van der Waals surface area contributed by atoms with Gasteiger partial charge in [-0.2, -0.15) is 5.10 Å². The van der Waals surface area contributed by atoms with Crippen LogP contribution in [0.25, 0.3) is 5.52 Å². The third kappa shape index (κ3) is 0.992. The number of nitrogens with zero attached hydrogens (tertiary/aromatic N) is 2. The average Bonchev–Trinajstić information content (AvgIpc) is 2.48. The zero-order valence-corrected chi connectivity index (χ0v) is 8.08. The van der Waals surface area contributed by atoms with E-state index in [0.717, 1.165) is 15.7 Å². The summed E-state index contributed by atoms with van der Waals surface area (Å²) in [5.74, 6) is 0.821. The Bertz CT molecular complexity index is 410. The van der Waals surface area contributed by atoms with Gasteiger partial charge in [0.2, 0.25) is 0 Å². The average molecular weight is 227 g/mol. The fourth-order valence-corrected chi connectivity index (χ4v) is 1.64. The van der Waals surface area contributed by atoms with Crippen LogP contribution >= 0.6 is 15.9 Å². The molecule has 0 unspecified atom stereocenters. The van der Waals surface area contributed by atoms with E-state index in [9.17, 15) is 0 Å². The number of ether oxygens (including phenoxy) is 1. The van der Waals surface area contributed by atoms with Crippen molar-refractivity contribution in [1.82, 2.24) is 9.61 Å². The summed E-state index contributed by atoms with van der Waals surface area (Å²) in [6.07, 6.45) is 3.58. The van der Waals surface area contributed by atoms with Crippen LogP contribution in [0.3, 0.4) is 0 Å². The molecule has 2 aromatic rings. The van der Waals surface area contributed by atoms with Gasteiger partial charge in [0.05, 0.1) is 13.3 Å². The van der Waals surface area contributed by atoms with Gasteiger partial charge in [-0.05, 0) is 22.0 Å². The molecule has 0 fully saturated rings. The summed E-state index contributed by atoms with van der Waals surface area (Å²) in [7, 11) is 1.65. The molecule has 12 heavy (non-hydrogen) atoms. The van der Waals surface area contributed by atoms with Crippen LogP contribution in [0.5, 0.6) is 5.75 Å². The Balaban J connectivity index is 2.84. The molecule has 0 N–H and O–H groups in total. The van der Waals surface area contributed by atoms with Gasteiger partial charge in [0, 0.05) is 16.7 Å². The van der Waals surface area contributed by atoms with E-state index in [1.807, 2.05) is 18.3 Å². The highest BCUT2D eigenvalue weighted by atomic mass is 79.9. The predicted octanol–water partition coefficient (Wildman–Crippen LogP) is 2.11. The van der Waals surface area contributed by atoms with E-state index in [4.69, 9.17) is 4.74 Å². The summed E-state index contributed by atoms with van der Waals surface area (Å²) in [6, 6.07) is 3.77. The van der Waals surface area contributed by atoms with Crippen LogP contribution in [0, 0.1) is 0 Å². The molecule has 3 nitrogen and oxygen atoms in total. The first-order valence-electron chi connectivity index (χ1n) is 3.49. The van der Waals surface area contributed by atoms with Gasteiger partial charge in [-0.15, -0.1) is 0 Å². The molecule has 0 bridgehead atoms. The van der Waals surface area contributed by atoms with Crippen molar-refractivity contribution in [3.8, 4) is 5.75 Å². The Labute approximate surface area is 78.1 Å². The van der Waals surface area contributed by atoms with E-state index in [1.165, 1.54) is 0 Å². The van der Waals surface area contributed by atoms with Crippen molar-refractivity contribution in [3.63, 3.8) is 0 Å². The number of fused-ring (bicyclic) bond motifs is 1. The Hall–Kier alpha value is -1.03. The molecule has 0 atom stereocenters. The summed E-state index contributed by atoms with van der Waals surface area (Å²) >= 11 is 3.42. The quantitative estimate of drug-likeness (QED) is 0.745. The van der Waals surface area contributed by atoms with E-state index in [0.29, 0.717) is 0 Å². The molecule has 0 amide bonds. The maximum absolute atomic E-state index is 5.18. The fraction of sp³-hybridized carbons (Fsp3) is 0.125. The Morgan fingerprint density at radius 1 is 1.50 bits per heavy atom. The Morgan fingerprint density at radius 3 is 3.08 bits per heavy atom. The maximum Gasteiger partial charge on any atom is 0.147 e. The molecule has 4 heteroatoms. The third-order valence-electron chi connectivity index (χ3n) is 1.69. The summed E-state index contributed by atoms with van der Waals surface area (Å²) < 4.78 is 7.94. The van der Waals surface area contributed by atoms with Crippen LogP contribution in [0.1, 0.15) is 0 Å². The van der Waals surface area contributed by atoms with Gasteiger partial charge in [-0.3, -0.25) is 0 Å². The molecular weight excluding hydrogens is 220 g/mol. The van der Waals surface area contributed by atoms with E-state index in [1.54, 1.807) is 17.8 Å². The lowest BCUT2D eigenvalue weighted by Crippen LogP contribution is -1.92. The van der Waals surface area contributed by atoms with Crippen molar-refractivity contribution < 1.29 is 4.74 Å². The van der Waals surface area contributed by atoms with E-state index in [2.05, 4.69) is 21.0 Å². The van der Waals surface area contributed by atoms with Gasteiger partial charge in [-0.25, -0.2) is 4.52 Å². The second-order valence-electron chi connectivity index (χ2n) is 2.36. The SMILES string of the molecule is COc1ccnn2ccc(Br)c12. The molecule has 0 radical (unpaired) electrons. The summed E-state index contributed by atoms with van der Waals surface area (Å²) in [5.41, 5.74) is 0.958. The standard InChI is InChI=1S/C8H7BrN2O/c1-12-7-2-4-10-11-5-3-6(9)8(7)11/h2-5H,1H3. The zero-order valence-electron chi connectivity index (χ0n) is 6.49. The van der Waals surface area contributed by atoms with E-state index in [-0.39, 0.29) is 0 Å². The van der Waals surface area contributed by atoms with Crippen LogP contribution in [-0.4, -0.2) is 16.7 Å². The second kappa shape index (κ2) is 2.79. The number of aromatic nitrogens is 2. The predicted molar refractivity (Wildman–Crippen MR) is 49.4 cm³/mol. The summed E-state index contributed by atoms with van der Waals surface area (Å²) in [5, 5.41) is 4.12. The van der Waals surface area contributed by atoms with Crippen molar-refractivity contribution in [1.29, 1.82) is 0 Å². The molecule has 2 heterocycles. The molecule has 2 rings (SSSR count). The lowest BCUT2D eigenvalue weighted by molar-refractivity contribution is 0.416. The minimum absolute atomic E-state index is 0.821. The highest BCUT2D eigenvalue weighted by Gasteiger charge is 2.05.